The van der Waals surface area contributed by atoms with Gasteiger partial charge in [-0.05, 0) is 6.92 Å². The van der Waals surface area contributed by atoms with Crippen molar-refractivity contribution in [2.75, 3.05) is 26.3 Å². The summed E-state index contributed by atoms with van der Waals surface area (Å²) >= 11 is 0. The Balaban J connectivity index is 0.00000116. The molecule has 6 N–H and O–H groups in total. The summed E-state index contributed by atoms with van der Waals surface area (Å²) in [5.74, 6) is -6.16. The lowest BCUT2D eigenvalue weighted by molar-refractivity contribution is -0.287. The Morgan fingerprint density at radius 1 is 0.864 bits per heavy atom. The van der Waals surface area contributed by atoms with Crippen LogP contribution in [0, 0.1) is 6.92 Å². The molecule has 1 aromatic rings. The molecule has 1 aliphatic rings. The molecule has 0 aliphatic carbocycles. The summed E-state index contributed by atoms with van der Waals surface area (Å²) in [6.07, 6.45) is 0. The number of ether oxygens (including phenoxy) is 1. The number of benzene rings is 1. The smallest absolute Gasteiger partial charge is 0.257 e. The molecule has 0 spiro atoms. The number of rotatable bonds is 2. The van der Waals surface area contributed by atoms with Crippen LogP contribution >= 0.6 is 0 Å². The van der Waals surface area contributed by atoms with Gasteiger partial charge in [0, 0.05) is 18.7 Å². The van der Waals surface area contributed by atoms with E-state index in [1.165, 1.54) is 11.8 Å². The van der Waals surface area contributed by atoms with E-state index in [2.05, 4.69) is 0 Å². The molecule has 126 valence electrons. The topological polar surface area (TPSA) is 134 Å². The second-order valence-corrected chi connectivity index (χ2v) is 4.63. The van der Waals surface area contributed by atoms with Crippen LogP contribution in [0.2, 0.25) is 0 Å². The second kappa shape index (κ2) is 7.01. The van der Waals surface area contributed by atoms with Crippen molar-refractivity contribution in [1.29, 1.82) is 0 Å². The maximum absolute atomic E-state index is 10.3. The van der Waals surface area contributed by atoms with Crippen molar-refractivity contribution < 1.29 is 35.4 Å². The molecule has 1 heterocycles. The molecule has 0 atom stereocenters. The molecule has 0 aromatic heterocycles. The summed E-state index contributed by atoms with van der Waals surface area (Å²) in [4.78, 5) is 1.22. The normalized spacial score (nSPS) is 16.0. The third-order valence-electron chi connectivity index (χ3n) is 3.43. The monoisotopic (exact) mass is 317 g/mol. The molecule has 22 heavy (non-hydrogen) atoms. The first-order chi connectivity index (χ1) is 10.3. The number of nitrogens with zero attached hydrogens (tertiary/aromatic N) is 1. The lowest BCUT2D eigenvalue weighted by Crippen LogP contribution is -2.51. The number of morpholine rings is 1. The summed E-state index contributed by atoms with van der Waals surface area (Å²) in [7, 11) is 0. The summed E-state index contributed by atoms with van der Waals surface area (Å²) < 4.78 is 5.09. The summed E-state index contributed by atoms with van der Waals surface area (Å²) in [6.45, 7) is 6.21. The average Bonchev–Trinajstić information content (AvgIpc) is 2.54. The molecular weight excluding hydrogens is 294 g/mol. The first-order valence-corrected chi connectivity index (χ1v) is 7.03. The zero-order valence-electron chi connectivity index (χ0n) is 12.9. The van der Waals surface area contributed by atoms with E-state index in [1.807, 2.05) is 13.8 Å². The summed E-state index contributed by atoms with van der Waals surface area (Å²) in [6, 6.07) is 0. The lowest BCUT2D eigenvalue weighted by atomic mass is 10.00. The fourth-order valence-electron chi connectivity index (χ4n) is 2.26. The highest BCUT2D eigenvalue weighted by Gasteiger charge is 2.41. The fraction of sp³-hybridized carbons (Fsp3) is 0.571. The van der Waals surface area contributed by atoms with E-state index in [1.54, 1.807) is 0 Å². The van der Waals surface area contributed by atoms with Crippen LogP contribution in [0.4, 0.5) is 0 Å². The molecule has 1 aliphatic heterocycles. The average molecular weight is 317 g/mol. The molecule has 8 nitrogen and oxygen atoms in total. The van der Waals surface area contributed by atoms with Gasteiger partial charge in [0.15, 0.2) is 11.5 Å². The number of aliphatic hydroxyl groups is 2. The Morgan fingerprint density at radius 2 is 1.32 bits per heavy atom. The van der Waals surface area contributed by atoms with Gasteiger partial charge in [-0.25, -0.2) is 4.90 Å². The van der Waals surface area contributed by atoms with Crippen LogP contribution in [0.5, 0.6) is 23.0 Å². The van der Waals surface area contributed by atoms with Gasteiger partial charge in [-0.3, -0.25) is 0 Å². The first-order valence-electron chi connectivity index (χ1n) is 7.03. The highest BCUT2D eigenvalue weighted by molar-refractivity contribution is 5.65. The Hall–Kier alpha value is -1.74. The van der Waals surface area contributed by atoms with Gasteiger partial charge in [0.25, 0.3) is 5.91 Å². The van der Waals surface area contributed by atoms with Crippen LogP contribution in [0.15, 0.2) is 0 Å². The minimum absolute atomic E-state index is 0.144. The number of hydrogen-bond donors (Lipinski definition) is 6. The summed E-state index contributed by atoms with van der Waals surface area (Å²) in [5, 5.41) is 59.0. The molecular formula is C14H23NO7. The molecule has 8 heteroatoms. The maximum Gasteiger partial charge on any atom is 0.257 e. The van der Waals surface area contributed by atoms with E-state index in [-0.39, 0.29) is 31.9 Å². The first kappa shape index (κ1) is 18.3. The van der Waals surface area contributed by atoms with Crippen LogP contribution in [-0.4, -0.2) is 61.8 Å². The maximum atomic E-state index is 10.3. The molecule has 0 unspecified atom stereocenters. The Kier molecular flexibility index (Phi) is 5.84. The van der Waals surface area contributed by atoms with Gasteiger partial charge in [-0.1, -0.05) is 13.8 Å². The number of hydrogen-bond acceptors (Lipinski definition) is 8. The standard InChI is InChI=1S/C12H17NO7.C2H6/c1-6-7(9(15)11(17)10(16)8(6)14)12(18,19)13-2-4-20-5-3-13;1-2/h14-19H,2-5H2,1H3;1-2H3. The van der Waals surface area contributed by atoms with Crippen molar-refractivity contribution >= 4 is 0 Å². The van der Waals surface area contributed by atoms with E-state index in [0.717, 1.165) is 0 Å². The number of phenols is 4. The zero-order chi connectivity index (χ0) is 17.1. The van der Waals surface area contributed by atoms with E-state index in [0.29, 0.717) is 0 Å². The largest absolute Gasteiger partial charge is 0.504 e. The van der Waals surface area contributed by atoms with Gasteiger partial charge in [0.05, 0.1) is 18.8 Å². The molecule has 2 rings (SSSR count). The highest BCUT2D eigenvalue weighted by atomic mass is 16.5. The highest BCUT2D eigenvalue weighted by Crippen LogP contribution is 2.50. The van der Waals surface area contributed by atoms with Crippen LogP contribution in [0.25, 0.3) is 0 Å². The minimum Gasteiger partial charge on any atom is -0.504 e. The van der Waals surface area contributed by atoms with Gasteiger partial charge in [0.2, 0.25) is 11.5 Å². The zero-order valence-corrected chi connectivity index (χ0v) is 12.9. The van der Waals surface area contributed by atoms with Gasteiger partial charge < -0.3 is 35.4 Å². The van der Waals surface area contributed by atoms with Crippen molar-refractivity contribution in [1.82, 2.24) is 4.90 Å². The quantitative estimate of drug-likeness (QED) is 0.260. The van der Waals surface area contributed by atoms with Crippen LogP contribution < -0.4 is 0 Å². The van der Waals surface area contributed by atoms with E-state index in [9.17, 15) is 30.6 Å². The SMILES string of the molecule is CC.Cc1c(O)c(O)c(O)c(O)c1C(O)(O)N1CCOCC1. The van der Waals surface area contributed by atoms with Crippen LogP contribution in [-0.2, 0) is 10.6 Å². The lowest BCUT2D eigenvalue weighted by Gasteiger charge is -2.38. The Morgan fingerprint density at radius 3 is 1.82 bits per heavy atom. The summed E-state index contributed by atoms with van der Waals surface area (Å²) in [5.41, 5.74) is -0.624. The molecule has 0 amide bonds. The van der Waals surface area contributed by atoms with Gasteiger partial charge in [-0.15, -0.1) is 0 Å². The van der Waals surface area contributed by atoms with Crippen LogP contribution in [0.1, 0.15) is 25.0 Å². The van der Waals surface area contributed by atoms with Crippen molar-refractivity contribution in [3.8, 4) is 23.0 Å². The number of aromatic hydroxyl groups is 4. The van der Waals surface area contributed by atoms with Crippen molar-refractivity contribution in [2.45, 2.75) is 26.7 Å². The molecule has 0 bridgehead atoms. The van der Waals surface area contributed by atoms with E-state index >= 15 is 0 Å². The second-order valence-electron chi connectivity index (χ2n) is 4.63. The Labute approximate surface area is 128 Å². The van der Waals surface area contributed by atoms with Crippen molar-refractivity contribution in [3.63, 3.8) is 0 Å². The molecule has 1 fully saturated rings. The molecule has 0 radical (unpaired) electrons. The number of phenolic OH excluding ortho intramolecular Hbond substituents is 4. The van der Waals surface area contributed by atoms with Crippen LogP contribution in [0.3, 0.4) is 0 Å². The third kappa shape index (κ3) is 3.05. The Bertz CT molecular complexity index is 495. The van der Waals surface area contributed by atoms with Gasteiger partial charge in [-0.2, -0.15) is 0 Å². The predicted molar refractivity (Wildman–Crippen MR) is 77.7 cm³/mol. The molecule has 1 aromatic carbocycles. The predicted octanol–water partition coefficient (Wildman–Crippen LogP) is 0.271. The van der Waals surface area contributed by atoms with E-state index in [4.69, 9.17) is 4.74 Å². The molecule has 1 saturated heterocycles. The third-order valence-corrected chi connectivity index (χ3v) is 3.43. The fourth-order valence-corrected chi connectivity index (χ4v) is 2.26. The van der Waals surface area contributed by atoms with Gasteiger partial charge >= 0.3 is 0 Å². The van der Waals surface area contributed by atoms with Crippen molar-refractivity contribution in [3.05, 3.63) is 11.1 Å². The van der Waals surface area contributed by atoms with Gasteiger partial charge in [0.1, 0.15) is 0 Å². The van der Waals surface area contributed by atoms with Crippen molar-refractivity contribution in [2.24, 2.45) is 0 Å². The molecule has 0 saturated carbocycles. The van der Waals surface area contributed by atoms with E-state index < -0.39 is 34.5 Å². The minimum atomic E-state index is -2.61.